The van der Waals surface area contributed by atoms with Crippen molar-refractivity contribution in [2.24, 2.45) is 0 Å². The molecular formula is C16H26O2Si. The molecule has 1 aromatic rings. The van der Waals surface area contributed by atoms with Gasteiger partial charge in [0.2, 0.25) is 0 Å². The van der Waals surface area contributed by atoms with Gasteiger partial charge in [-0.3, -0.25) is 0 Å². The van der Waals surface area contributed by atoms with Crippen LogP contribution in [0.3, 0.4) is 0 Å². The van der Waals surface area contributed by atoms with Gasteiger partial charge in [-0.25, -0.2) is 0 Å². The van der Waals surface area contributed by atoms with E-state index in [9.17, 15) is 0 Å². The Morgan fingerprint density at radius 3 is 2.11 bits per heavy atom. The molecule has 0 fully saturated rings. The summed E-state index contributed by atoms with van der Waals surface area (Å²) in [4.78, 5) is 0. The zero-order chi connectivity index (χ0) is 14.0. The van der Waals surface area contributed by atoms with Crippen LogP contribution in [0, 0.1) is 0 Å². The molecular weight excluding hydrogens is 252 g/mol. The maximum absolute atomic E-state index is 6.17. The summed E-state index contributed by atoms with van der Waals surface area (Å²) in [7, 11) is -2.20. The molecule has 0 spiro atoms. The molecule has 0 unspecified atom stereocenters. The predicted molar refractivity (Wildman–Crippen MR) is 83.4 cm³/mol. The van der Waals surface area contributed by atoms with Crippen LogP contribution in [0.5, 0.6) is 0 Å². The molecule has 0 N–H and O–H groups in total. The van der Waals surface area contributed by atoms with Gasteiger partial charge in [0.25, 0.3) is 0 Å². The minimum atomic E-state index is -2.20. The maximum atomic E-state index is 6.17. The van der Waals surface area contributed by atoms with Crippen LogP contribution in [0.2, 0.25) is 6.04 Å². The molecule has 0 saturated heterocycles. The predicted octanol–water partition coefficient (Wildman–Crippen LogP) is 4.25. The number of hydrogen-bond donors (Lipinski definition) is 0. The molecule has 0 heterocycles. The quantitative estimate of drug-likeness (QED) is 0.470. The zero-order valence-corrected chi connectivity index (χ0v) is 13.2. The molecule has 0 aliphatic rings. The summed E-state index contributed by atoms with van der Waals surface area (Å²) >= 11 is 0. The molecule has 0 amide bonds. The van der Waals surface area contributed by atoms with Crippen LogP contribution >= 0.6 is 0 Å². The smallest absolute Gasteiger partial charge is 0.346 e. The normalized spacial score (nSPS) is 11.5. The summed E-state index contributed by atoms with van der Waals surface area (Å²) in [5.41, 5.74) is 1.29. The third kappa shape index (κ3) is 5.72. The topological polar surface area (TPSA) is 18.5 Å². The molecule has 106 valence electrons. The summed E-state index contributed by atoms with van der Waals surface area (Å²) in [5, 5.41) is 0. The largest absolute Gasteiger partial charge is 0.394 e. The van der Waals surface area contributed by atoms with E-state index in [4.69, 9.17) is 8.85 Å². The Morgan fingerprint density at radius 1 is 1.05 bits per heavy atom. The van der Waals surface area contributed by atoms with Gasteiger partial charge in [-0.1, -0.05) is 50.3 Å². The lowest BCUT2D eigenvalue weighted by atomic mass is 10.2. The van der Waals surface area contributed by atoms with Crippen molar-refractivity contribution in [1.29, 1.82) is 0 Å². The lowest BCUT2D eigenvalue weighted by Crippen LogP contribution is -2.45. The number of allylic oxidation sites excluding steroid dienone is 1. The fourth-order valence-electron chi connectivity index (χ4n) is 2.04. The van der Waals surface area contributed by atoms with E-state index in [-0.39, 0.29) is 0 Å². The molecule has 0 radical (unpaired) electrons. The first-order valence-corrected chi connectivity index (χ1v) is 9.42. The van der Waals surface area contributed by atoms with E-state index in [1.165, 1.54) is 5.56 Å². The first kappa shape index (κ1) is 16.2. The van der Waals surface area contributed by atoms with Gasteiger partial charge in [0.15, 0.2) is 0 Å². The summed E-state index contributed by atoms with van der Waals surface area (Å²) < 4.78 is 12.3. The van der Waals surface area contributed by atoms with Crippen LogP contribution in [0.15, 0.2) is 43.0 Å². The second kappa shape index (κ2) is 9.07. The minimum Gasteiger partial charge on any atom is -0.394 e. The Bertz CT molecular complexity index is 343. The van der Waals surface area contributed by atoms with Crippen molar-refractivity contribution >= 4 is 8.56 Å². The van der Waals surface area contributed by atoms with Crippen LogP contribution in [0.4, 0.5) is 0 Å². The van der Waals surface area contributed by atoms with Crippen LogP contribution in [-0.2, 0) is 14.9 Å². The van der Waals surface area contributed by atoms with Crippen LogP contribution < -0.4 is 0 Å². The number of hydrogen-bond acceptors (Lipinski definition) is 2. The Balaban J connectivity index is 2.82. The van der Waals surface area contributed by atoms with E-state index < -0.39 is 8.56 Å². The summed E-state index contributed by atoms with van der Waals surface area (Å²) in [6, 6.07) is 12.2. The molecule has 0 aromatic heterocycles. The average Bonchev–Trinajstić information content (AvgIpc) is 2.44. The standard InChI is InChI=1S/C16H26O2Si/c1-4-12-17-19(14-6-3,18-13-5-2)15-16-10-8-7-9-11-16/h6-11H,3-5,12-15H2,1-2H3. The number of rotatable bonds is 10. The minimum absolute atomic E-state index is 0.774. The van der Waals surface area contributed by atoms with Crippen molar-refractivity contribution in [3.05, 3.63) is 48.6 Å². The first-order chi connectivity index (χ1) is 9.26. The molecule has 0 aliphatic heterocycles. The van der Waals surface area contributed by atoms with Gasteiger partial charge in [0.1, 0.15) is 0 Å². The van der Waals surface area contributed by atoms with Gasteiger partial charge < -0.3 is 8.85 Å². The zero-order valence-electron chi connectivity index (χ0n) is 12.2. The molecule has 19 heavy (non-hydrogen) atoms. The van der Waals surface area contributed by atoms with E-state index in [0.717, 1.165) is 38.1 Å². The van der Waals surface area contributed by atoms with E-state index in [2.05, 4.69) is 44.7 Å². The monoisotopic (exact) mass is 278 g/mol. The Kier molecular flexibility index (Phi) is 7.71. The molecule has 1 rings (SSSR count). The van der Waals surface area contributed by atoms with Gasteiger partial charge in [0, 0.05) is 25.3 Å². The van der Waals surface area contributed by atoms with Crippen molar-refractivity contribution in [3.63, 3.8) is 0 Å². The molecule has 1 aromatic carbocycles. The van der Waals surface area contributed by atoms with E-state index in [1.807, 2.05) is 12.1 Å². The number of benzene rings is 1. The van der Waals surface area contributed by atoms with Crippen LogP contribution in [0.25, 0.3) is 0 Å². The third-order valence-electron chi connectivity index (χ3n) is 2.91. The van der Waals surface area contributed by atoms with Gasteiger partial charge in [-0.05, 0) is 18.4 Å². The summed E-state index contributed by atoms with van der Waals surface area (Å²) in [5.74, 6) is 0. The molecule has 0 saturated carbocycles. The van der Waals surface area contributed by atoms with Crippen molar-refractivity contribution < 1.29 is 8.85 Å². The van der Waals surface area contributed by atoms with Gasteiger partial charge >= 0.3 is 8.56 Å². The van der Waals surface area contributed by atoms with Crippen molar-refractivity contribution in [2.45, 2.75) is 38.8 Å². The molecule has 0 bridgehead atoms. The van der Waals surface area contributed by atoms with E-state index in [0.29, 0.717) is 0 Å². The van der Waals surface area contributed by atoms with Crippen molar-refractivity contribution in [2.75, 3.05) is 13.2 Å². The lowest BCUT2D eigenvalue weighted by molar-refractivity contribution is 0.169. The van der Waals surface area contributed by atoms with Gasteiger partial charge in [-0.2, -0.15) is 0 Å². The third-order valence-corrected chi connectivity index (χ3v) is 6.23. The average molecular weight is 278 g/mol. The van der Waals surface area contributed by atoms with Crippen LogP contribution in [0.1, 0.15) is 32.3 Å². The second-order valence-corrected chi connectivity index (χ2v) is 7.92. The van der Waals surface area contributed by atoms with E-state index in [1.54, 1.807) is 0 Å². The molecule has 2 nitrogen and oxygen atoms in total. The van der Waals surface area contributed by atoms with E-state index >= 15 is 0 Å². The highest BCUT2D eigenvalue weighted by Gasteiger charge is 2.36. The highest BCUT2D eigenvalue weighted by molar-refractivity contribution is 6.67. The fraction of sp³-hybridized carbons (Fsp3) is 0.500. The second-order valence-electron chi connectivity index (χ2n) is 4.76. The van der Waals surface area contributed by atoms with Gasteiger partial charge in [0.05, 0.1) is 0 Å². The van der Waals surface area contributed by atoms with Crippen LogP contribution in [-0.4, -0.2) is 21.8 Å². The molecule has 0 atom stereocenters. The van der Waals surface area contributed by atoms with Crippen molar-refractivity contribution in [1.82, 2.24) is 0 Å². The fourth-order valence-corrected chi connectivity index (χ4v) is 5.15. The van der Waals surface area contributed by atoms with Gasteiger partial charge in [-0.15, -0.1) is 6.58 Å². The Hall–Kier alpha value is -0.903. The first-order valence-electron chi connectivity index (χ1n) is 7.19. The Labute approximate surface area is 118 Å². The summed E-state index contributed by atoms with van der Waals surface area (Å²) in [6.07, 6.45) is 3.99. The molecule has 3 heteroatoms. The highest BCUT2D eigenvalue weighted by atomic mass is 28.4. The lowest BCUT2D eigenvalue weighted by Gasteiger charge is -2.30. The Morgan fingerprint density at radius 2 is 1.63 bits per heavy atom. The van der Waals surface area contributed by atoms with Crippen molar-refractivity contribution in [3.8, 4) is 0 Å². The molecule has 0 aliphatic carbocycles. The SMILES string of the molecule is C=CC[Si](Cc1ccccc1)(OCCC)OCCC. The highest BCUT2D eigenvalue weighted by Crippen LogP contribution is 2.21. The summed E-state index contributed by atoms with van der Waals surface area (Å²) in [6.45, 7) is 9.70. The maximum Gasteiger partial charge on any atom is 0.346 e.